The first kappa shape index (κ1) is 13.2. The minimum atomic E-state index is -0.898. The van der Waals surface area contributed by atoms with Gasteiger partial charge in [0.25, 0.3) is 0 Å². The van der Waals surface area contributed by atoms with Crippen molar-refractivity contribution in [3.8, 4) is 0 Å². The van der Waals surface area contributed by atoms with Gasteiger partial charge in [-0.25, -0.2) is 0 Å². The molecule has 0 aliphatic rings. The molecule has 1 aromatic rings. The molecule has 0 atom stereocenters. The summed E-state index contributed by atoms with van der Waals surface area (Å²) in [5, 5.41) is 16.2. The Kier molecular flexibility index (Phi) is 6.23. The van der Waals surface area contributed by atoms with Crippen molar-refractivity contribution in [2.75, 3.05) is 5.75 Å². The van der Waals surface area contributed by atoms with Gasteiger partial charge in [0.05, 0.1) is 10.8 Å². The summed E-state index contributed by atoms with van der Waals surface area (Å²) in [6.07, 6.45) is 0. The van der Waals surface area contributed by atoms with Crippen molar-refractivity contribution in [1.29, 1.82) is 5.41 Å². The Morgan fingerprint density at radius 2 is 1.93 bits per heavy atom. The fourth-order valence-electron chi connectivity index (χ4n) is 0.807. The number of hydrogen-bond acceptors (Lipinski definition) is 3. The van der Waals surface area contributed by atoms with Crippen LogP contribution in [0.3, 0.4) is 0 Å². The van der Waals surface area contributed by atoms with Gasteiger partial charge in [0.2, 0.25) is 0 Å². The Labute approximate surface area is 96.8 Å². The van der Waals surface area contributed by atoms with E-state index in [1.807, 2.05) is 18.2 Å². The summed E-state index contributed by atoms with van der Waals surface area (Å²) < 4.78 is 0. The van der Waals surface area contributed by atoms with Crippen LogP contribution in [0.4, 0.5) is 0 Å². The number of halogens is 1. The zero-order chi connectivity index (χ0) is 9.68. The minimum Gasteiger partial charge on any atom is -0.481 e. The maximum atomic E-state index is 10.2. The second-order valence-electron chi connectivity index (χ2n) is 2.38. The van der Waals surface area contributed by atoms with Crippen LogP contribution in [0.5, 0.6) is 0 Å². The molecule has 0 aliphatic carbocycles. The molecule has 0 fully saturated rings. The number of carbonyl (C=O) groups is 1. The largest absolute Gasteiger partial charge is 0.481 e. The monoisotopic (exact) mass is 275 g/mol. The van der Waals surface area contributed by atoms with Crippen LogP contribution < -0.4 is 0 Å². The molecule has 0 aromatic heterocycles. The molecule has 0 heterocycles. The molecule has 0 spiro atoms. The zero-order valence-electron chi connectivity index (χ0n) is 7.27. The van der Waals surface area contributed by atoms with E-state index >= 15 is 0 Å². The average Bonchev–Trinajstić information content (AvgIpc) is 2.15. The van der Waals surface area contributed by atoms with E-state index in [9.17, 15) is 4.79 Å². The molecule has 1 rings (SSSR count). The van der Waals surface area contributed by atoms with Crippen molar-refractivity contribution < 1.29 is 9.90 Å². The Bertz CT molecular complexity index is 316. The Morgan fingerprint density at radius 3 is 2.43 bits per heavy atom. The Hall–Kier alpha value is -0.810. The lowest BCUT2D eigenvalue weighted by atomic mass is 10.2. The quantitative estimate of drug-likeness (QED) is 0.658. The summed E-state index contributed by atoms with van der Waals surface area (Å²) in [4.78, 5) is 10.2. The van der Waals surface area contributed by atoms with Crippen LogP contribution >= 0.6 is 28.7 Å². The maximum absolute atomic E-state index is 10.2. The van der Waals surface area contributed by atoms with Gasteiger partial charge >= 0.3 is 5.97 Å². The van der Waals surface area contributed by atoms with Crippen LogP contribution in [-0.2, 0) is 4.79 Å². The third kappa shape index (κ3) is 4.43. The molecular formula is C9H10BrNO2S. The van der Waals surface area contributed by atoms with Crippen LogP contribution in [-0.4, -0.2) is 21.9 Å². The second-order valence-corrected chi connectivity index (χ2v) is 3.36. The summed E-state index contributed by atoms with van der Waals surface area (Å²) in [7, 11) is 0. The fraction of sp³-hybridized carbons (Fsp3) is 0.111. The molecule has 5 heteroatoms. The average molecular weight is 276 g/mol. The fourth-order valence-corrected chi connectivity index (χ4v) is 1.38. The van der Waals surface area contributed by atoms with E-state index < -0.39 is 5.97 Å². The van der Waals surface area contributed by atoms with Gasteiger partial charge in [-0.15, -0.1) is 17.0 Å². The van der Waals surface area contributed by atoms with Gasteiger partial charge < -0.3 is 5.11 Å². The highest BCUT2D eigenvalue weighted by Crippen LogP contribution is 2.11. The van der Waals surface area contributed by atoms with Crippen LogP contribution in [0.25, 0.3) is 0 Å². The van der Waals surface area contributed by atoms with Gasteiger partial charge in [-0.1, -0.05) is 42.1 Å². The van der Waals surface area contributed by atoms with Crippen molar-refractivity contribution in [2.45, 2.75) is 0 Å². The van der Waals surface area contributed by atoms with Crippen molar-refractivity contribution in [3.05, 3.63) is 35.9 Å². The highest BCUT2D eigenvalue weighted by molar-refractivity contribution is 8.93. The van der Waals surface area contributed by atoms with E-state index in [0.29, 0.717) is 5.04 Å². The molecule has 0 amide bonds. The van der Waals surface area contributed by atoms with Crippen LogP contribution in [0.2, 0.25) is 0 Å². The second kappa shape index (κ2) is 6.62. The molecule has 0 unspecified atom stereocenters. The van der Waals surface area contributed by atoms with Crippen molar-refractivity contribution in [3.63, 3.8) is 0 Å². The summed E-state index contributed by atoms with van der Waals surface area (Å²) in [6, 6.07) is 9.09. The summed E-state index contributed by atoms with van der Waals surface area (Å²) >= 11 is 1.02. The summed E-state index contributed by atoms with van der Waals surface area (Å²) in [5.74, 6) is -0.959. The predicted octanol–water partition coefficient (Wildman–Crippen LogP) is 2.41. The summed E-state index contributed by atoms with van der Waals surface area (Å²) in [5.41, 5.74) is 0.758. The summed E-state index contributed by atoms with van der Waals surface area (Å²) in [6.45, 7) is 0. The van der Waals surface area contributed by atoms with Crippen molar-refractivity contribution in [2.24, 2.45) is 0 Å². The molecule has 76 valence electrons. The lowest BCUT2D eigenvalue weighted by Gasteiger charge is -2.00. The Balaban J connectivity index is 0.00000169. The maximum Gasteiger partial charge on any atom is 0.313 e. The first-order valence-corrected chi connectivity index (χ1v) is 4.67. The number of carboxylic acids is 1. The number of thioether (sulfide) groups is 1. The normalized spacial score (nSPS) is 8.86. The van der Waals surface area contributed by atoms with Crippen LogP contribution in [0.15, 0.2) is 30.3 Å². The van der Waals surface area contributed by atoms with Gasteiger partial charge in [-0.2, -0.15) is 0 Å². The molecule has 3 nitrogen and oxygen atoms in total. The highest BCUT2D eigenvalue weighted by Gasteiger charge is 2.03. The number of rotatable bonds is 3. The lowest BCUT2D eigenvalue weighted by molar-refractivity contribution is -0.133. The molecule has 2 N–H and O–H groups in total. The van der Waals surface area contributed by atoms with E-state index in [1.165, 1.54) is 0 Å². The first-order valence-electron chi connectivity index (χ1n) is 3.68. The Morgan fingerprint density at radius 1 is 1.36 bits per heavy atom. The first-order chi connectivity index (χ1) is 6.20. The minimum absolute atomic E-state index is 0. The van der Waals surface area contributed by atoms with Gasteiger partial charge in [0.15, 0.2) is 0 Å². The smallest absolute Gasteiger partial charge is 0.313 e. The van der Waals surface area contributed by atoms with Gasteiger partial charge in [0, 0.05) is 5.56 Å². The van der Waals surface area contributed by atoms with Gasteiger partial charge in [-0.05, 0) is 0 Å². The highest BCUT2D eigenvalue weighted by atomic mass is 79.9. The molecule has 0 saturated heterocycles. The molecular weight excluding hydrogens is 266 g/mol. The van der Waals surface area contributed by atoms with Gasteiger partial charge in [0.1, 0.15) is 0 Å². The van der Waals surface area contributed by atoms with E-state index in [2.05, 4.69) is 0 Å². The van der Waals surface area contributed by atoms with Crippen LogP contribution in [0.1, 0.15) is 5.56 Å². The number of carboxylic acid groups (broad SMARTS) is 1. The number of benzene rings is 1. The van der Waals surface area contributed by atoms with E-state index in [-0.39, 0.29) is 22.7 Å². The van der Waals surface area contributed by atoms with E-state index in [0.717, 1.165) is 17.3 Å². The van der Waals surface area contributed by atoms with E-state index in [1.54, 1.807) is 12.1 Å². The molecule has 14 heavy (non-hydrogen) atoms. The number of aliphatic carboxylic acids is 1. The number of nitrogens with one attached hydrogen (secondary N) is 1. The topological polar surface area (TPSA) is 61.2 Å². The SMILES string of the molecule is Br.N=C(SCC(=O)O)c1ccccc1. The molecule has 1 aromatic carbocycles. The molecule has 0 radical (unpaired) electrons. The van der Waals surface area contributed by atoms with Gasteiger partial charge in [-0.3, -0.25) is 10.2 Å². The van der Waals surface area contributed by atoms with Crippen molar-refractivity contribution >= 4 is 39.8 Å². The predicted molar refractivity (Wildman–Crippen MR) is 63.7 cm³/mol. The standard InChI is InChI=1S/C9H9NO2S.BrH/c10-9(13-6-8(11)12)7-4-2-1-3-5-7;/h1-5,10H,6H2,(H,11,12);1H. The lowest BCUT2D eigenvalue weighted by Crippen LogP contribution is -2.02. The molecule has 0 aliphatic heterocycles. The van der Waals surface area contributed by atoms with Crippen LogP contribution in [0, 0.1) is 5.41 Å². The van der Waals surface area contributed by atoms with Crippen molar-refractivity contribution in [1.82, 2.24) is 0 Å². The van der Waals surface area contributed by atoms with E-state index in [4.69, 9.17) is 10.5 Å². The molecule has 0 saturated carbocycles. The third-order valence-electron chi connectivity index (χ3n) is 1.38. The zero-order valence-corrected chi connectivity index (χ0v) is 9.80. The molecule has 0 bridgehead atoms. The third-order valence-corrected chi connectivity index (χ3v) is 2.29. The number of hydrogen-bond donors (Lipinski definition) is 2.